The van der Waals surface area contributed by atoms with E-state index in [2.05, 4.69) is 10.6 Å². The van der Waals surface area contributed by atoms with Gasteiger partial charge in [0, 0.05) is 23.6 Å². The van der Waals surface area contributed by atoms with Gasteiger partial charge in [0.1, 0.15) is 12.4 Å². The number of carbonyl (C=O) groups is 1. The molecule has 4 nitrogen and oxygen atoms in total. The molecule has 1 aliphatic heterocycles. The van der Waals surface area contributed by atoms with Crippen molar-refractivity contribution in [3.05, 3.63) is 28.8 Å². The maximum atomic E-state index is 11.6. The number of amides is 1. The minimum Gasteiger partial charge on any atom is -0.491 e. The smallest absolute Gasteiger partial charge is 0.221 e. The summed E-state index contributed by atoms with van der Waals surface area (Å²) in [5.74, 6) is 0.814. The van der Waals surface area contributed by atoms with Crippen molar-refractivity contribution in [3.63, 3.8) is 0 Å². The van der Waals surface area contributed by atoms with Crippen molar-refractivity contribution < 1.29 is 9.53 Å². The van der Waals surface area contributed by atoms with E-state index in [0.717, 1.165) is 11.3 Å². The van der Waals surface area contributed by atoms with E-state index in [4.69, 9.17) is 16.3 Å². The summed E-state index contributed by atoms with van der Waals surface area (Å²) in [6, 6.07) is 5.36. The molecule has 18 heavy (non-hydrogen) atoms. The van der Waals surface area contributed by atoms with Crippen molar-refractivity contribution in [3.8, 4) is 5.75 Å². The standard InChI is InChI=1S/C12H15ClN2O2.ClH/c1-14-5-4-12(16)15-10-7-17-11-3-2-8(13)6-9(10)11;/h2-3,6,10,14H,4-5,7H2,1H3,(H,15,16);1H. The molecular weight excluding hydrogens is 275 g/mol. The van der Waals surface area contributed by atoms with Crippen LogP contribution in [-0.4, -0.2) is 26.1 Å². The average molecular weight is 291 g/mol. The first kappa shape index (κ1) is 15.1. The number of hydrogen-bond donors (Lipinski definition) is 2. The van der Waals surface area contributed by atoms with Crippen LogP contribution in [0.1, 0.15) is 18.0 Å². The van der Waals surface area contributed by atoms with Gasteiger partial charge >= 0.3 is 0 Å². The van der Waals surface area contributed by atoms with E-state index in [1.54, 1.807) is 6.07 Å². The molecule has 1 unspecified atom stereocenters. The summed E-state index contributed by atoms with van der Waals surface area (Å²) in [5, 5.41) is 6.53. The van der Waals surface area contributed by atoms with Gasteiger partial charge in [0.15, 0.2) is 0 Å². The van der Waals surface area contributed by atoms with E-state index in [0.29, 0.717) is 24.6 Å². The van der Waals surface area contributed by atoms with Crippen LogP contribution in [0, 0.1) is 0 Å². The minimum atomic E-state index is -0.0898. The highest BCUT2D eigenvalue weighted by atomic mass is 35.5. The molecule has 100 valence electrons. The van der Waals surface area contributed by atoms with E-state index in [-0.39, 0.29) is 24.4 Å². The molecule has 0 aliphatic carbocycles. The first-order valence-corrected chi connectivity index (χ1v) is 5.94. The van der Waals surface area contributed by atoms with Crippen molar-refractivity contribution in [1.82, 2.24) is 10.6 Å². The van der Waals surface area contributed by atoms with Crippen LogP contribution in [0.5, 0.6) is 5.75 Å². The SMILES string of the molecule is CNCCC(=O)NC1COc2ccc(Cl)cc21.Cl. The second-order valence-corrected chi connectivity index (χ2v) is 4.40. The Morgan fingerprint density at radius 3 is 3.06 bits per heavy atom. The highest BCUT2D eigenvalue weighted by Crippen LogP contribution is 2.34. The maximum Gasteiger partial charge on any atom is 0.221 e. The third-order valence-electron chi connectivity index (χ3n) is 2.69. The highest BCUT2D eigenvalue weighted by molar-refractivity contribution is 6.30. The van der Waals surface area contributed by atoms with Gasteiger partial charge in [-0.3, -0.25) is 4.79 Å². The van der Waals surface area contributed by atoms with Crippen LogP contribution in [-0.2, 0) is 4.79 Å². The number of benzene rings is 1. The Kier molecular flexibility index (Phi) is 5.72. The summed E-state index contributed by atoms with van der Waals surface area (Å²) >= 11 is 5.93. The summed E-state index contributed by atoms with van der Waals surface area (Å²) in [7, 11) is 1.82. The molecular formula is C12H16Cl2N2O2. The van der Waals surface area contributed by atoms with Gasteiger partial charge in [0.2, 0.25) is 5.91 Å². The number of hydrogen-bond acceptors (Lipinski definition) is 3. The zero-order valence-electron chi connectivity index (χ0n) is 10.0. The van der Waals surface area contributed by atoms with Gasteiger partial charge < -0.3 is 15.4 Å². The third kappa shape index (κ3) is 3.51. The predicted molar refractivity (Wildman–Crippen MR) is 73.6 cm³/mol. The van der Waals surface area contributed by atoms with Crippen molar-refractivity contribution in [2.75, 3.05) is 20.2 Å². The van der Waals surface area contributed by atoms with Crippen LogP contribution in [0.25, 0.3) is 0 Å². The molecule has 0 saturated heterocycles. The Morgan fingerprint density at radius 2 is 2.33 bits per heavy atom. The van der Waals surface area contributed by atoms with Gasteiger partial charge in [-0.25, -0.2) is 0 Å². The molecule has 1 aliphatic rings. The van der Waals surface area contributed by atoms with Gasteiger partial charge in [-0.05, 0) is 25.2 Å². The van der Waals surface area contributed by atoms with E-state index < -0.39 is 0 Å². The lowest BCUT2D eigenvalue weighted by atomic mass is 10.1. The quantitative estimate of drug-likeness (QED) is 0.891. The Bertz CT molecular complexity index is 427. The van der Waals surface area contributed by atoms with Gasteiger partial charge in [-0.15, -0.1) is 12.4 Å². The second-order valence-electron chi connectivity index (χ2n) is 3.97. The maximum absolute atomic E-state index is 11.6. The number of rotatable bonds is 4. The van der Waals surface area contributed by atoms with E-state index >= 15 is 0 Å². The molecule has 1 aromatic rings. The number of carbonyl (C=O) groups excluding carboxylic acids is 1. The number of halogens is 2. The normalized spacial score (nSPS) is 16.4. The first-order valence-electron chi connectivity index (χ1n) is 5.57. The fraction of sp³-hybridized carbons (Fsp3) is 0.417. The molecule has 6 heteroatoms. The second kappa shape index (κ2) is 6.83. The average Bonchev–Trinajstić information content (AvgIpc) is 2.69. The van der Waals surface area contributed by atoms with Crippen LogP contribution in [0.2, 0.25) is 5.02 Å². The summed E-state index contributed by atoms with van der Waals surface area (Å²) in [6.07, 6.45) is 0.461. The molecule has 0 spiro atoms. The van der Waals surface area contributed by atoms with Gasteiger partial charge in [-0.2, -0.15) is 0 Å². The fourth-order valence-corrected chi connectivity index (χ4v) is 1.99. The molecule has 1 heterocycles. The van der Waals surface area contributed by atoms with Gasteiger partial charge in [-0.1, -0.05) is 11.6 Å². The molecule has 0 bridgehead atoms. The lowest BCUT2D eigenvalue weighted by molar-refractivity contribution is -0.121. The lowest BCUT2D eigenvalue weighted by Crippen LogP contribution is -2.31. The Morgan fingerprint density at radius 1 is 1.56 bits per heavy atom. The fourth-order valence-electron chi connectivity index (χ4n) is 1.81. The van der Waals surface area contributed by atoms with Crippen molar-refractivity contribution in [2.45, 2.75) is 12.5 Å². The highest BCUT2D eigenvalue weighted by Gasteiger charge is 2.25. The minimum absolute atomic E-state index is 0. The molecule has 0 fully saturated rings. The van der Waals surface area contributed by atoms with Crippen LogP contribution >= 0.6 is 24.0 Å². The first-order chi connectivity index (χ1) is 8.20. The Balaban J connectivity index is 0.00000162. The molecule has 0 saturated carbocycles. The molecule has 1 aromatic carbocycles. The molecule has 0 radical (unpaired) electrons. The summed E-state index contributed by atoms with van der Waals surface area (Å²) in [4.78, 5) is 11.6. The summed E-state index contributed by atoms with van der Waals surface area (Å²) in [5.41, 5.74) is 0.954. The van der Waals surface area contributed by atoms with Crippen LogP contribution in [0.3, 0.4) is 0 Å². The van der Waals surface area contributed by atoms with E-state index in [1.165, 1.54) is 0 Å². The topological polar surface area (TPSA) is 50.4 Å². The molecule has 2 rings (SSSR count). The van der Waals surface area contributed by atoms with Crippen molar-refractivity contribution in [2.24, 2.45) is 0 Å². The lowest BCUT2D eigenvalue weighted by Gasteiger charge is -2.11. The zero-order chi connectivity index (χ0) is 12.3. The predicted octanol–water partition coefficient (Wildman–Crippen LogP) is 1.92. The Hall–Kier alpha value is -0.970. The Labute approximate surface area is 117 Å². The number of nitrogens with one attached hydrogen (secondary N) is 2. The van der Waals surface area contributed by atoms with Crippen LogP contribution in [0.15, 0.2) is 18.2 Å². The molecule has 2 N–H and O–H groups in total. The summed E-state index contributed by atoms with van der Waals surface area (Å²) in [6.45, 7) is 1.14. The summed E-state index contributed by atoms with van der Waals surface area (Å²) < 4.78 is 5.48. The van der Waals surface area contributed by atoms with Crippen molar-refractivity contribution >= 4 is 29.9 Å². The van der Waals surface area contributed by atoms with Crippen LogP contribution < -0.4 is 15.4 Å². The van der Waals surface area contributed by atoms with Gasteiger partial charge in [0.25, 0.3) is 0 Å². The number of fused-ring (bicyclic) bond motifs is 1. The van der Waals surface area contributed by atoms with E-state index in [9.17, 15) is 4.79 Å². The van der Waals surface area contributed by atoms with Crippen LogP contribution in [0.4, 0.5) is 0 Å². The monoisotopic (exact) mass is 290 g/mol. The molecule has 0 aromatic heterocycles. The largest absolute Gasteiger partial charge is 0.491 e. The van der Waals surface area contributed by atoms with Crippen molar-refractivity contribution in [1.29, 1.82) is 0 Å². The molecule has 1 atom stereocenters. The third-order valence-corrected chi connectivity index (χ3v) is 2.93. The zero-order valence-corrected chi connectivity index (χ0v) is 11.6. The van der Waals surface area contributed by atoms with E-state index in [1.807, 2.05) is 19.2 Å². The molecule has 1 amide bonds. The number of ether oxygens (including phenoxy) is 1. The van der Waals surface area contributed by atoms with Gasteiger partial charge in [0.05, 0.1) is 6.04 Å².